The van der Waals surface area contributed by atoms with Crippen molar-refractivity contribution in [2.45, 2.75) is 6.54 Å². The van der Waals surface area contributed by atoms with Crippen LogP contribution in [-0.2, 0) is 11.3 Å². The molecule has 1 aromatic carbocycles. The van der Waals surface area contributed by atoms with E-state index < -0.39 is 4.92 Å². The van der Waals surface area contributed by atoms with Gasteiger partial charge in [0.15, 0.2) is 0 Å². The van der Waals surface area contributed by atoms with Gasteiger partial charge in [-0.25, -0.2) is 0 Å². The molecule has 0 aliphatic heterocycles. The van der Waals surface area contributed by atoms with Crippen molar-refractivity contribution >= 4 is 17.3 Å². The Morgan fingerprint density at radius 2 is 2.21 bits per heavy atom. The molecule has 0 radical (unpaired) electrons. The molecule has 0 aliphatic rings. The number of likely N-dealkylation sites (N-methyl/N-ethyl adjacent to an activating group) is 2. The van der Waals surface area contributed by atoms with E-state index in [9.17, 15) is 14.9 Å². The molecule has 1 amide bonds. The molecule has 1 aromatic rings. The maximum Gasteiger partial charge on any atom is 0.293 e. The molecule has 1 rings (SSSR count). The Balaban J connectivity index is 2.92. The number of nitro benzene ring substituents is 1. The van der Waals surface area contributed by atoms with Gasteiger partial charge in [0.05, 0.1) is 11.5 Å². The highest BCUT2D eigenvalue weighted by Crippen LogP contribution is 2.27. The smallest absolute Gasteiger partial charge is 0.293 e. The van der Waals surface area contributed by atoms with E-state index in [1.165, 1.54) is 6.07 Å². The van der Waals surface area contributed by atoms with Crippen LogP contribution >= 0.6 is 0 Å². The number of hydrogen-bond donors (Lipinski definition) is 3. The van der Waals surface area contributed by atoms with Gasteiger partial charge in [-0.3, -0.25) is 25.7 Å². The lowest BCUT2D eigenvalue weighted by Crippen LogP contribution is -2.32. The fourth-order valence-electron chi connectivity index (χ4n) is 1.71. The number of carbonyl (C=O) groups excluding carboxylic acids is 1. The lowest BCUT2D eigenvalue weighted by Gasteiger charge is -2.17. The van der Waals surface area contributed by atoms with E-state index in [1.807, 2.05) is 0 Å². The second kappa shape index (κ2) is 6.66. The number of para-hydroxylation sites is 1. The third-order valence-electron chi connectivity index (χ3n) is 2.60. The first-order valence-corrected chi connectivity index (χ1v) is 5.61. The third kappa shape index (κ3) is 3.90. The van der Waals surface area contributed by atoms with E-state index in [4.69, 9.17) is 5.84 Å². The summed E-state index contributed by atoms with van der Waals surface area (Å²) in [6.07, 6.45) is 0. The van der Waals surface area contributed by atoms with Gasteiger partial charge in [0.1, 0.15) is 5.69 Å². The zero-order valence-corrected chi connectivity index (χ0v) is 10.8. The second-order valence-corrected chi connectivity index (χ2v) is 4.06. The molecule has 0 aromatic heterocycles. The Morgan fingerprint density at radius 3 is 2.74 bits per heavy atom. The average molecular weight is 267 g/mol. The molecule has 0 spiro atoms. The van der Waals surface area contributed by atoms with Gasteiger partial charge < -0.3 is 10.7 Å². The van der Waals surface area contributed by atoms with Crippen LogP contribution in [0, 0.1) is 10.1 Å². The van der Waals surface area contributed by atoms with Crippen molar-refractivity contribution in [3.05, 3.63) is 33.9 Å². The number of nitrogen functional groups attached to an aromatic ring is 1. The predicted molar refractivity (Wildman–Crippen MR) is 71.3 cm³/mol. The van der Waals surface area contributed by atoms with Crippen molar-refractivity contribution in [2.24, 2.45) is 5.84 Å². The van der Waals surface area contributed by atoms with E-state index in [0.717, 1.165) is 0 Å². The first-order chi connectivity index (χ1) is 8.99. The molecule has 0 fully saturated rings. The first kappa shape index (κ1) is 14.9. The lowest BCUT2D eigenvalue weighted by atomic mass is 10.1. The minimum atomic E-state index is -0.503. The summed E-state index contributed by atoms with van der Waals surface area (Å²) in [7, 11) is 3.30. The summed E-state index contributed by atoms with van der Waals surface area (Å²) < 4.78 is 0. The molecule has 0 atom stereocenters. The van der Waals surface area contributed by atoms with Gasteiger partial charge in [-0.1, -0.05) is 12.1 Å². The normalized spacial score (nSPS) is 10.3. The van der Waals surface area contributed by atoms with Gasteiger partial charge in [-0.2, -0.15) is 0 Å². The van der Waals surface area contributed by atoms with Crippen LogP contribution in [0.15, 0.2) is 18.2 Å². The summed E-state index contributed by atoms with van der Waals surface area (Å²) in [6.45, 7) is 0.567. The molecule has 8 heteroatoms. The average Bonchev–Trinajstić information content (AvgIpc) is 2.37. The van der Waals surface area contributed by atoms with Crippen LogP contribution in [0.1, 0.15) is 5.56 Å². The number of anilines is 1. The Kier molecular flexibility index (Phi) is 5.22. The minimum absolute atomic E-state index is 0.0895. The quantitative estimate of drug-likeness (QED) is 0.381. The summed E-state index contributed by atoms with van der Waals surface area (Å²) in [6, 6.07) is 4.68. The highest BCUT2D eigenvalue weighted by molar-refractivity contribution is 5.77. The fourth-order valence-corrected chi connectivity index (χ4v) is 1.71. The van der Waals surface area contributed by atoms with E-state index in [-0.39, 0.29) is 23.8 Å². The van der Waals surface area contributed by atoms with Gasteiger partial charge >= 0.3 is 0 Å². The Labute approximate surface area is 110 Å². The van der Waals surface area contributed by atoms with E-state index in [1.54, 1.807) is 31.1 Å². The van der Waals surface area contributed by atoms with E-state index in [2.05, 4.69) is 10.7 Å². The molecule has 0 heterocycles. The molecular formula is C11H17N5O3. The summed E-state index contributed by atoms with van der Waals surface area (Å²) in [5.74, 6) is 5.21. The molecule has 0 saturated carbocycles. The van der Waals surface area contributed by atoms with Gasteiger partial charge in [0.2, 0.25) is 5.91 Å². The summed E-state index contributed by atoms with van der Waals surface area (Å²) in [5, 5.41) is 13.4. The Hall–Kier alpha value is -2.19. The maximum absolute atomic E-state index is 11.2. The SMILES string of the molecule is CNC(=O)CN(C)Cc1cccc([N+](=O)[O-])c1NN. The largest absolute Gasteiger partial charge is 0.358 e. The fraction of sp³-hybridized carbons (Fsp3) is 0.364. The van der Waals surface area contributed by atoms with Crippen LogP contribution in [0.5, 0.6) is 0 Å². The number of nitrogens with two attached hydrogens (primary N) is 1. The van der Waals surface area contributed by atoms with E-state index >= 15 is 0 Å². The van der Waals surface area contributed by atoms with Gasteiger partial charge in [0, 0.05) is 19.7 Å². The standard InChI is InChI=1S/C11H17N5O3/c1-13-10(17)7-15(2)6-8-4-3-5-9(16(18)19)11(8)14-12/h3-5,14H,6-7,12H2,1-2H3,(H,13,17). The zero-order valence-electron chi connectivity index (χ0n) is 10.8. The van der Waals surface area contributed by atoms with Crippen molar-refractivity contribution < 1.29 is 9.72 Å². The Bertz CT molecular complexity index is 477. The topological polar surface area (TPSA) is 114 Å². The van der Waals surface area contributed by atoms with Gasteiger partial charge in [0.25, 0.3) is 5.69 Å². The van der Waals surface area contributed by atoms with Crippen molar-refractivity contribution in [1.82, 2.24) is 10.2 Å². The minimum Gasteiger partial charge on any atom is -0.358 e. The highest BCUT2D eigenvalue weighted by atomic mass is 16.6. The number of amides is 1. The molecule has 0 bridgehead atoms. The van der Waals surface area contributed by atoms with Crippen LogP contribution in [0.4, 0.5) is 11.4 Å². The van der Waals surface area contributed by atoms with Crippen LogP contribution in [0.2, 0.25) is 0 Å². The van der Waals surface area contributed by atoms with Crippen LogP contribution in [-0.4, -0.2) is 36.4 Å². The van der Waals surface area contributed by atoms with Crippen LogP contribution in [0.3, 0.4) is 0 Å². The van der Waals surface area contributed by atoms with Gasteiger partial charge in [-0.05, 0) is 12.6 Å². The molecule has 0 saturated heterocycles. The molecular weight excluding hydrogens is 250 g/mol. The number of rotatable bonds is 6. The number of hydrogen-bond acceptors (Lipinski definition) is 6. The monoisotopic (exact) mass is 267 g/mol. The number of benzene rings is 1. The lowest BCUT2D eigenvalue weighted by molar-refractivity contribution is -0.384. The molecule has 19 heavy (non-hydrogen) atoms. The van der Waals surface area contributed by atoms with Crippen molar-refractivity contribution in [2.75, 3.05) is 26.1 Å². The van der Waals surface area contributed by atoms with Gasteiger partial charge in [-0.15, -0.1) is 0 Å². The summed E-state index contributed by atoms with van der Waals surface area (Å²) in [4.78, 5) is 23.3. The predicted octanol–water partition coefficient (Wildman–Crippen LogP) is 0.0582. The molecule has 0 unspecified atom stereocenters. The number of carbonyl (C=O) groups is 1. The molecule has 0 aliphatic carbocycles. The highest BCUT2D eigenvalue weighted by Gasteiger charge is 2.17. The summed E-state index contributed by atoms with van der Waals surface area (Å²) >= 11 is 0. The van der Waals surface area contributed by atoms with Crippen LogP contribution in [0.25, 0.3) is 0 Å². The second-order valence-electron chi connectivity index (χ2n) is 4.06. The number of hydrazine groups is 1. The molecule has 104 valence electrons. The van der Waals surface area contributed by atoms with Crippen molar-refractivity contribution in [3.63, 3.8) is 0 Å². The number of nitrogens with zero attached hydrogens (tertiary/aromatic N) is 2. The summed E-state index contributed by atoms with van der Waals surface area (Å²) in [5.41, 5.74) is 3.18. The van der Waals surface area contributed by atoms with Crippen LogP contribution < -0.4 is 16.6 Å². The Morgan fingerprint density at radius 1 is 1.53 bits per heavy atom. The first-order valence-electron chi connectivity index (χ1n) is 5.61. The third-order valence-corrected chi connectivity index (χ3v) is 2.60. The number of nitro groups is 1. The molecule has 4 N–H and O–H groups in total. The van der Waals surface area contributed by atoms with E-state index in [0.29, 0.717) is 12.1 Å². The van der Waals surface area contributed by atoms with Crippen molar-refractivity contribution in [3.8, 4) is 0 Å². The number of nitrogens with one attached hydrogen (secondary N) is 2. The van der Waals surface area contributed by atoms with Crippen molar-refractivity contribution in [1.29, 1.82) is 0 Å². The maximum atomic E-state index is 11.2. The molecule has 8 nitrogen and oxygen atoms in total. The zero-order chi connectivity index (χ0) is 14.4.